The van der Waals surface area contributed by atoms with Gasteiger partial charge in [0, 0.05) is 17.4 Å². The summed E-state index contributed by atoms with van der Waals surface area (Å²) < 4.78 is 0. The van der Waals surface area contributed by atoms with Crippen LogP contribution < -0.4 is 0 Å². The first-order chi connectivity index (χ1) is 18.9. The molecule has 0 aromatic heterocycles. The summed E-state index contributed by atoms with van der Waals surface area (Å²) in [6.07, 6.45) is 10.6. The van der Waals surface area contributed by atoms with Crippen LogP contribution >= 0.6 is 7.55 Å². The van der Waals surface area contributed by atoms with Crippen molar-refractivity contribution in [2.45, 2.75) is 69.4 Å². The van der Waals surface area contributed by atoms with E-state index >= 15 is 0 Å². The normalized spacial score (nSPS) is 20.4. The summed E-state index contributed by atoms with van der Waals surface area (Å²) in [6, 6.07) is 45.7. The molecule has 0 bridgehead atoms. The number of unbranched alkanes of at least 4 members (excludes halogenated alkanes) is 5. The fraction of sp³-hybridized carbons (Fsp3) is 0.324. The van der Waals surface area contributed by atoms with Crippen LogP contribution in [0.25, 0.3) is 0 Å². The van der Waals surface area contributed by atoms with Crippen molar-refractivity contribution < 1.29 is 0 Å². The summed E-state index contributed by atoms with van der Waals surface area (Å²) in [5, 5.41) is 1.72. The van der Waals surface area contributed by atoms with Crippen LogP contribution in [0.2, 0.25) is 0 Å². The van der Waals surface area contributed by atoms with Gasteiger partial charge in [-0.05, 0) is 36.0 Å². The first kappa shape index (κ1) is 26.6. The number of hydrogen-bond donors (Lipinski definition) is 0. The third-order valence-electron chi connectivity index (χ3n) is 8.24. The highest BCUT2D eigenvalue weighted by molar-refractivity contribution is 7.60. The van der Waals surface area contributed by atoms with Crippen LogP contribution in [0.5, 0.6) is 0 Å². The molecule has 0 amide bonds. The van der Waals surface area contributed by atoms with Gasteiger partial charge in [-0.3, -0.25) is 0 Å². The maximum atomic E-state index is 2.41. The molecule has 0 radical (unpaired) electrons. The summed E-state index contributed by atoms with van der Waals surface area (Å²) in [5.41, 5.74) is 6.52. The zero-order valence-electron chi connectivity index (χ0n) is 22.9. The standard InChI is InChI=1S/C37H42P/c1-2-3-4-5-6-19-28-38-36(32-24-15-9-16-25-32)34(30-20-11-7-12-21-30)29-35(31-22-13-8-14-23-31)37(38)33-26-17-10-18-27-33/h7-18,20-27,34-36H,2-6,19,28-29H2,1H3/q+1. The predicted molar refractivity (Wildman–Crippen MR) is 168 cm³/mol. The Balaban J connectivity index is 1.66. The first-order valence-corrected chi connectivity index (χ1v) is 16.3. The van der Waals surface area contributed by atoms with E-state index in [1.54, 1.807) is 5.29 Å². The fourth-order valence-corrected chi connectivity index (χ4v) is 10.2. The second kappa shape index (κ2) is 13.7. The topological polar surface area (TPSA) is 0 Å². The highest BCUT2D eigenvalue weighted by Gasteiger charge is 2.47. The molecular formula is C37H42P+. The molecule has 0 saturated carbocycles. The van der Waals surface area contributed by atoms with E-state index in [1.165, 1.54) is 66.9 Å². The lowest BCUT2D eigenvalue weighted by molar-refractivity contribution is 0.575. The molecule has 1 heteroatoms. The van der Waals surface area contributed by atoms with Gasteiger partial charge in [0.1, 0.15) is 24.7 Å². The molecule has 0 nitrogen and oxygen atoms in total. The molecule has 0 N–H and O–H groups in total. The number of benzene rings is 4. The van der Waals surface area contributed by atoms with Crippen molar-refractivity contribution in [3.8, 4) is 0 Å². The van der Waals surface area contributed by atoms with E-state index in [0.29, 0.717) is 17.5 Å². The average Bonchev–Trinajstić information content (AvgIpc) is 3.00. The molecule has 1 aliphatic heterocycles. The smallest absolute Gasteiger partial charge is 0.0654 e. The molecule has 0 saturated heterocycles. The maximum absolute atomic E-state index is 2.41. The van der Waals surface area contributed by atoms with Gasteiger partial charge in [0.2, 0.25) is 0 Å². The Morgan fingerprint density at radius 2 is 1.05 bits per heavy atom. The second-order valence-corrected chi connectivity index (χ2v) is 13.2. The van der Waals surface area contributed by atoms with Crippen molar-refractivity contribution in [2.75, 3.05) is 6.16 Å². The minimum Gasteiger partial charge on any atom is -0.0654 e. The third-order valence-corrected chi connectivity index (χ3v) is 11.6. The summed E-state index contributed by atoms with van der Waals surface area (Å²) in [4.78, 5) is 0. The Morgan fingerprint density at radius 1 is 0.553 bits per heavy atom. The summed E-state index contributed by atoms with van der Waals surface area (Å²) in [7, 11) is -0.385. The fourth-order valence-electron chi connectivity index (χ4n) is 6.42. The highest BCUT2D eigenvalue weighted by Crippen LogP contribution is 2.61. The van der Waals surface area contributed by atoms with Crippen LogP contribution in [0.1, 0.15) is 91.6 Å². The molecule has 1 heterocycles. The minimum atomic E-state index is -0.385. The first-order valence-electron chi connectivity index (χ1n) is 14.7. The monoisotopic (exact) mass is 517 g/mol. The highest BCUT2D eigenvalue weighted by atomic mass is 31.1. The van der Waals surface area contributed by atoms with Crippen molar-refractivity contribution in [3.63, 3.8) is 0 Å². The zero-order valence-corrected chi connectivity index (χ0v) is 23.8. The average molecular weight is 518 g/mol. The van der Waals surface area contributed by atoms with Crippen LogP contribution in [0.3, 0.4) is 0 Å². The molecule has 0 aliphatic carbocycles. The van der Waals surface area contributed by atoms with Gasteiger partial charge in [-0.15, -0.1) is 0 Å². The van der Waals surface area contributed by atoms with Gasteiger partial charge in [0.15, 0.2) is 0 Å². The van der Waals surface area contributed by atoms with Crippen molar-refractivity contribution >= 4 is 12.8 Å². The van der Waals surface area contributed by atoms with Crippen LogP contribution in [-0.2, 0) is 0 Å². The molecule has 5 rings (SSSR count). The lowest BCUT2D eigenvalue weighted by atomic mass is 9.78. The van der Waals surface area contributed by atoms with Crippen molar-refractivity contribution in [3.05, 3.63) is 144 Å². The van der Waals surface area contributed by atoms with E-state index in [4.69, 9.17) is 0 Å². The summed E-state index contributed by atoms with van der Waals surface area (Å²) in [6.45, 7) is 2.31. The number of rotatable bonds is 11. The summed E-state index contributed by atoms with van der Waals surface area (Å²) in [5.74, 6) is 0.970. The predicted octanol–water partition coefficient (Wildman–Crippen LogP) is 10.8. The molecule has 0 spiro atoms. The van der Waals surface area contributed by atoms with Gasteiger partial charge < -0.3 is 0 Å². The van der Waals surface area contributed by atoms with Crippen molar-refractivity contribution in [1.29, 1.82) is 0 Å². The van der Waals surface area contributed by atoms with Crippen LogP contribution in [-0.4, -0.2) is 11.5 Å². The number of hydrogen-bond acceptors (Lipinski definition) is 0. The van der Waals surface area contributed by atoms with Gasteiger partial charge >= 0.3 is 0 Å². The van der Waals surface area contributed by atoms with E-state index in [9.17, 15) is 0 Å². The lowest BCUT2D eigenvalue weighted by Gasteiger charge is -2.34. The Labute approximate surface area is 231 Å². The molecule has 1 aliphatic rings. The molecule has 4 atom stereocenters. The van der Waals surface area contributed by atoms with E-state index < -0.39 is 0 Å². The molecule has 4 unspecified atom stereocenters. The minimum absolute atomic E-state index is 0.385. The van der Waals surface area contributed by atoms with Gasteiger partial charge in [-0.25, -0.2) is 0 Å². The van der Waals surface area contributed by atoms with E-state index in [-0.39, 0.29) is 7.55 Å². The third kappa shape index (κ3) is 6.36. The van der Waals surface area contributed by atoms with E-state index in [0.717, 1.165) is 6.42 Å². The Morgan fingerprint density at radius 3 is 1.66 bits per heavy atom. The lowest BCUT2D eigenvalue weighted by Crippen LogP contribution is -2.26. The zero-order chi connectivity index (χ0) is 26.0. The SMILES string of the molecule is CCCCCCCC[P+]1=C(c2ccccc2)C(c2ccccc2)CC(c2ccccc2)C1c1ccccc1. The molecular weight excluding hydrogens is 475 g/mol. The van der Waals surface area contributed by atoms with E-state index in [1.807, 2.05) is 0 Å². The van der Waals surface area contributed by atoms with Gasteiger partial charge in [-0.2, -0.15) is 0 Å². The van der Waals surface area contributed by atoms with Crippen molar-refractivity contribution in [1.82, 2.24) is 0 Å². The van der Waals surface area contributed by atoms with Crippen molar-refractivity contribution in [2.24, 2.45) is 0 Å². The van der Waals surface area contributed by atoms with Crippen LogP contribution in [0, 0.1) is 0 Å². The largest absolute Gasteiger partial charge is 0.148 e. The quantitative estimate of drug-likeness (QED) is 0.137. The molecule has 4 aromatic carbocycles. The Hall–Kier alpha value is -2.95. The van der Waals surface area contributed by atoms with Crippen LogP contribution in [0.15, 0.2) is 121 Å². The Bertz CT molecular complexity index is 1260. The molecule has 4 aromatic rings. The van der Waals surface area contributed by atoms with Gasteiger partial charge in [0.05, 0.1) is 0 Å². The summed E-state index contributed by atoms with van der Waals surface area (Å²) >= 11 is 0. The van der Waals surface area contributed by atoms with Gasteiger partial charge in [0.25, 0.3) is 0 Å². The second-order valence-electron chi connectivity index (χ2n) is 10.8. The van der Waals surface area contributed by atoms with Gasteiger partial charge in [-0.1, -0.05) is 154 Å². The van der Waals surface area contributed by atoms with Crippen LogP contribution in [0.4, 0.5) is 0 Å². The maximum Gasteiger partial charge on any atom is 0.148 e. The van der Waals surface area contributed by atoms with E-state index in [2.05, 4.69) is 128 Å². The molecule has 38 heavy (non-hydrogen) atoms. The Kier molecular flexibility index (Phi) is 9.63. The molecule has 0 fully saturated rings. The molecule has 194 valence electrons.